The second kappa shape index (κ2) is 6.52. The number of ether oxygens (including phenoxy) is 1. The Morgan fingerprint density at radius 1 is 1.09 bits per heavy atom. The molecule has 3 N–H and O–H groups in total. The van der Waals surface area contributed by atoms with Gasteiger partial charge in [-0.05, 0) is 57.5 Å². The highest BCUT2D eigenvalue weighted by molar-refractivity contribution is 5.92. The Balaban J connectivity index is 2.21. The molecule has 2 aromatic carbocycles. The number of nitrogen functional groups attached to an aromatic ring is 1. The summed E-state index contributed by atoms with van der Waals surface area (Å²) in [7, 11) is 0. The van der Waals surface area contributed by atoms with Crippen molar-refractivity contribution >= 4 is 23.0 Å². The summed E-state index contributed by atoms with van der Waals surface area (Å²) >= 11 is 0. The van der Waals surface area contributed by atoms with Crippen LogP contribution in [0.25, 0.3) is 0 Å². The summed E-state index contributed by atoms with van der Waals surface area (Å²) in [6.45, 7) is 7.73. The second-order valence-corrected chi connectivity index (χ2v) is 5.70. The van der Waals surface area contributed by atoms with Gasteiger partial charge >= 0.3 is 5.97 Å². The maximum atomic E-state index is 11.9. The van der Waals surface area contributed by atoms with Gasteiger partial charge in [0.05, 0.1) is 23.0 Å². The van der Waals surface area contributed by atoms with Gasteiger partial charge in [0.2, 0.25) is 0 Å². The van der Waals surface area contributed by atoms with Gasteiger partial charge in [-0.2, -0.15) is 0 Å². The molecule has 0 heterocycles. The minimum atomic E-state index is -0.361. The van der Waals surface area contributed by atoms with Gasteiger partial charge in [-0.25, -0.2) is 4.79 Å². The number of hydrogen-bond acceptors (Lipinski definition) is 4. The zero-order valence-corrected chi connectivity index (χ0v) is 13.4. The van der Waals surface area contributed by atoms with E-state index in [0.717, 1.165) is 16.9 Å². The fourth-order valence-electron chi connectivity index (χ4n) is 2.18. The van der Waals surface area contributed by atoms with Gasteiger partial charge in [0.15, 0.2) is 0 Å². The van der Waals surface area contributed by atoms with Crippen LogP contribution in [0.4, 0.5) is 17.1 Å². The Hall–Kier alpha value is -2.49. The lowest BCUT2D eigenvalue weighted by molar-refractivity contribution is 0.0378. The quantitative estimate of drug-likeness (QED) is 0.656. The molecule has 0 unspecified atom stereocenters. The molecule has 0 saturated heterocycles. The lowest BCUT2D eigenvalue weighted by Gasteiger charge is -2.14. The number of hydrogen-bond donors (Lipinski definition) is 2. The van der Waals surface area contributed by atoms with Crippen LogP contribution < -0.4 is 11.1 Å². The van der Waals surface area contributed by atoms with Crippen molar-refractivity contribution in [2.24, 2.45) is 0 Å². The van der Waals surface area contributed by atoms with Crippen LogP contribution in [0.1, 0.15) is 35.3 Å². The monoisotopic (exact) mass is 298 g/mol. The van der Waals surface area contributed by atoms with Crippen LogP contribution in [0.15, 0.2) is 36.4 Å². The van der Waals surface area contributed by atoms with Crippen molar-refractivity contribution in [3.8, 4) is 0 Å². The van der Waals surface area contributed by atoms with E-state index in [1.54, 1.807) is 18.2 Å². The Morgan fingerprint density at radius 2 is 1.77 bits per heavy atom. The number of benzene rings is 2. The van der Waals surface area contributed by atoms with Gasteiger partial charge in [0.25, 0.3) is 0 Å². The number of anilines is 3. The van der Waals surface area contributed by atoms with E-state index in [9.17, 15) is 4.79 Å². The predicted molar refractivity (Wildman–Crippen MR) is 90.6 cm³/mol. The summed E-state index contributed by atoms with van der Waals surface area (Å²) in [5.74, 6) is -0.361. The molecule has 0 aliphatic rings. The van der Waals surface area contributed by atoms with E-state index in [2.05, 4.69) is 18.3 Å². The predicted octanol–water partition coefficient (Wildman–Crippen LogP) is 4.19. The maximum Gasteiger partial charge on any atom is 0.338 e. The average Bonchev–Trinajstić information content (AvgIpc) is 2.42. The molecule has 0 spiro atoms. The summed E-state index contributed by atoms with van der Waals surface area (Å²) < 4.78 is 5.17. The van der Waals surface area contributed by atoms with E-state index in [-0.39, 0.29) is 12.1 Å². The molecule has 0 radical (unpaired) electrons. The molecule has 0 amide bonds. The van der Waals surface area contributed by atoms with Crippen LogP contribution in [0.2, 0.25) is 0 Å². The van der Waals surface area contributed by atoms with Crippen molar-refractivity contribution in [1.29, 1.82) is 0 Å². The van der Waals surface area contributed by atoms with E-state index in [4.69, 9.17) is 10.5 Å². The molecule has 4 nitrogen and oxygen atoms in total. The highest BCUT2D eigenvalue weighted by atomic mass is 16.5. The van der Waals surface area contributed by atoms with E-state index < -0.39 is 0 Å². The highest BCUT2D eigenvalue weighted by Gasteiger charge is 2.11. The summed E-state index contributed by atoms with van der Waals surface area (Å²) in [6.07, 6.45) is -0.151. The number of nitrogens with two attached hydrogens (primary N) is 1. The number of carbonyl (C=O) groups excluding carboxylic acids is 1. The zero-order chi connectivity index (χ0) is 16.3. The molecule has 0 aliphatic heterocycles. The van der Waals surface area contributed by atoms with Crippen molar-refractivity contribution in [1.82, 2.24) is 0 Å². The molecule has 0 fully saturated rings. The molecule has 22 heavy (non-hydrogen) atoms. The Kier molecular flexibility index (Phi) is 4.71. The zero-order valence-electron chi connectivity index (χ0n) is 13.4. The van der Waals surface area contributed by atoms with Crippen LogP contribution in [0, 0.1) is 13.8 Å². The highest BCUT2D eigenvalue weighted by Crippen LogP contribution is 2.27. The summed E-state index contributed by atoms with van der Waals surface area (Å²) in [5, 5.41) is 3.30. The first kappa shape index (κ1) is 15.9. The molecular weight excluding hydrogens is 276 g/mol. The SMILES string of the molecule is Cc1ccc(Nc2ccc(C(=O)OC(C)C)cc2N)c(C)c1. The molecule has 0 aliphatic carbocycles. The van der Waals surface area contributed by atoms with Crippen molar-refractivity contribution < 1.29 is 9.53 Å². The largest absolute Gasteiger partial charge is 0.459 e. The molecule has 2 aromatic rings. The fourth-order valence-corrected chi connectivity index (χ4v) is 2.18. The fraction of sp³-hybridized carbons (Fsp3) is 0.278. The minimum Gasteiger partial charge on any atom is -0.459 e. The van der Waals surface area contributed by atoms with E-state index in [0.29, 0.717) is 11.3 Å². The molecule has 2 rings (SSSR count). The Bertz CT molecular complexity index is 693. The topological polar surface area (TPSA) is 64.3 Å². The molecule has 0 aromatic heterocycles. The maximum absolute atomic E-state index is 11.9. The number of aryl methyl sites for hydroxylation is 2. The third-order valence-corrected chi connectivity index (χ3v) is 3.28. The smallest absolute Gasteiger partial charge is 0.338 e. The van der Waals surface area contributed by atoms with Crippen molar-refractivity contribution in [3.63, 3.8) is 0 Å². The Labute approximate surface area is 131 Å². The van der Waals surface area contributed by atoms with Crippen LogP contribution in [-0.2, 0) is 4.74 Å². The van der Waals surface area contributed by atoms with Gasteiger partial charge in [0.1, 0.15) is 0 Å². The van der Waals surface area contributed by atoms with Crippen molar-refractivity contribution in [2.75, 3.05) is 11.1 Å². The summed E-state index contributed by atoms with van der Waals surface area (Å²) in [5.41, 5.74) is 11.1. The standard InChI is InChI=1S/C18H22N2O2/c1-11(2)22-18(21)14-6-8-17(15(19)10-14)20-16-7-5-12(3)9-13(16)4/h5-11,20H,19H2,1-4H3. The van der Waals surface area contributed by atoms with E-state index >= 15 is 0 Å². The lowest BCUT2D eigenvalue weighted by atomic mass is 10.1. The minimum absolute atomic E-state index is 0.151. The number of esters is 1. The van der Waals surface area contributed by atoms with Gasteiger partial charge in [-0.3, -0.25) is 0 Å². The van der Waals surface area contributed by atoms with E-state index in [1.165, 1.54) is 5.56 Å². The third kappa shape index (κ3) is 3.79. The van der Waals surface area contributed by atoms with Crippen LogP contribution >= 0.6 is 0 Å². The molecule has 0 atom stereocenters. The number of carbonyl (C=O) groups is 1. The summed E-state index contributed by atoms with van der Waals surface area (Å²) in [4.78, 5) is 11.9. The number of rotatable bonds is 4. The molecule has 0 bridgehead atoms. The molecule has 116 valence electrons. The van der Waals surface area contributed by atoms with Crippen LogP contribution in [-0.4, -0.2) is 12.1 Å². The average molecular weight is 298 g/mol. The van der Waals surface area contributed by atoms with Crippen LogP contribution in [0.3, 0.4) is 0 Å². The van der Waals surface area contributed by atoms with Gasteiger partial charge in [-0.1, -0.05) is 17.7 Å². The Morgan fingerprint density at radius 3 is 2.36 bits per heavy atom. The third-order valence-electron chi connectivity index (χ3n) is 3.28. The lowest BCUT2D eigenvalue weighted by Crippen LogP contribution is -2.12. The van der Waals surface area contributed by atoms with Crippen molar-refractivity contribution in [2.45, 2.75) is 33.8 Å². The molecular formula is C18H22N2O2. The van der Waals surface area contributed by atoms with Crippen LogP contribution in [0.5, 0.6) is 0 Å². The molecule has 4 heteroatoms. The number of nitrogens with one attached hydrogen (secondary N) is 1. The first-order valence-corrected chi connectivity index (χ1v) is 7.31. The first-order chi connectivity index (χ1) is 10.4. The summed E-state index contributed by atoms with van der Waals surface area (Å²) in [6, 6.07) is 11.3. The van der Waals surface area contributed by atoms with E-state index in [1.807, 2.05) is 32.9 Å². The normalized spacial score (nSPS) is 10.6. The molecule has 0 saturated carbocycles. The van der Waals surface area contributed by atoms with Gasteiger partial charge < -0.3 is 15.8 Å². The first-order valence-electron chi connectivity index (χ1n) is 7.31. The van der Waals surface area contributed by atoms with Gasteiger partial charge in [-0.15, -0.1) is 0 Å². The van der Waals surface area contributed by atoms with Crippen molar-refractivity contribution in [3.05, 3.63) is 53.1 Å². The second-order valence-electron chi connectivity index (χ2n) is 5.70. The van der Waals surface area contributed by atoms with Gasteiger partial charge in [0, 0.05) is 5.69 Å².